The highest BCUT2D eigenvalue weighted by atomic mass is 15.0. The number of nitrogens with zero attached hydrogens (tertiary/aromatic N) is 2. The van der Waals surface area contributed by atoms with Gasteiger partial charge in [0.15, 0.2) is 0 Å². The minimum absolute atomic E-state index is 0.969. The minimum atomic E-state index is 0.969. The quantitative estimate of drug-likeness (QED) is 0.801. The highest BCUT2D eigenvalue weighted by molar-refractivity contribution is 5.41. The first kappa shape index (κ1) is 12.9. The Morgan fingerprint density at radius 1 is 1.00 bits per heavy atom. The standard InChI is InChI=1S/C13H23N3/c1-5-7-8-12-13(14-9-6-2)16-11(4)10(3)15-12/h5-9H2,1-4H3,(H,14,16). The second kappa shape index (κ2) is 6.46. The molecule has 0 bridgehead atoms. The van der Waals surface area contributed by atoms with Crippen molar-refractivity contribution < 1.29 is 0 Å². The van der Waals surface area contributed by atoms with Crippen molar-refractivity contribution in [1.82, 2.24) is 9.97 Å². The molecule has 90 valence electrons. The zero-order chi connectivity index (χ0) is 12.0. The lowest BCUT2D eigenvalue weighted by Gasteiger charge is -2.11. The Bertz CT molecular complexity index is 301. The van der Waals surface area contributed by atoms with Crippen LogP contribution in [-0.4, -0.2) is 16.5 Å². The minimum Gasteiger partial charge on any atom is -0.369 e. The van der Waals surface area contributed by atoms with E-state index in [1.165, 1.54) is 12.8 Å². The fourth-order valence-corrected chi connectivity index (χ4v) is 1.55. The normalized spacial score (nSPS) is 10.5. The van der Waals surface area contributed by atoms with Crippen LogP contribution in [0.5, 0.6) is 0 Å². The van der Waals surface area contributed by atoms with Crippen LogP contribution in [0, 0.1) is 13.8 Å². The van der Waals surface area contributed by atoms with Crippen LogP contribution in [0.3, 0.4) is 0 Å². The van der Waals surface area contributed by atoms with E-state index in [4.69, 9.17) is 0 Å². The van der Waals surface area contributed by atoms with E-state index in [9.17, 15) is 0 Å². The van der Waals surface area contributed by atoms with Gasteiger partial charge in [0.1, 0.15) is 5.82 Å². The molecule has 0 saturated heterocycles. The summed E-state index contributed by atoms with van der Waals surface area (Å²) in [5.41, 5.74) is 3.20. The Kier molecular flexibility index (Phi) is 5.23. The average Bonchev–Trinajstić information content (AvgIpc) is 2.28. The maximum atomic E-state index is 4.64. The SMILES string of the molecule is CCCCc1nc(C)c(C)nc1NCCC. The van der Waals surface area contributed by atoms with Gasteiger partial charge in [-0.1, -0.05) is 20.3 Å². The van der Waals surface area contributed by atoms with Crippen LogP contribution in [0.4, 0.5) is 5.82 Å². The summed E-state index contributed by atoms with van der Waals surface area (Å²) < 4.78 is 0. The zero-order valence-electron chi connectivity index (χ0n) is 10.9. The van der Waals surface area contributed by atoms with Gasteiger partial charge in [0.25, 0.3) is 0 Å². The van der Waals surface area contributed by atoms with Gasteiger partial charge in [-0.2, -0.15) is 0 Å². The first-order valence-corrected chi connectivity index (χ1v) is 6.27. The molecule has 0 spiro atoms. The van der Waals surface area contributed by atoms with Gasteiger partial charge in [-0.05, 0) is 33.1 Å². The summed E-state index contributed by atoms with van der Waals surface area (Å²) in [4.78, 5) is 9.23. The molecule has 0 unspecified atom stereocenters. The number of hydrogen-bond donors (Lipinski definition) is 1. The number of aromatic nitrogens is 2. The van der Waals surface area contributed by atoms with E-state index in [0.717, 1.165) is 42.3 Å². The highest BCUT2D eigenvalue weighted by Crippen LogP contribution is 2.15. The van der Waals surface area contributed by atoms with Crippen LogP contribution in [0.2, 0.25) is 0 Å². The van der Waals surface area contributed by atoms with Crippen molar-refractivity contribution in [3.8, 4) is 0 Å². The molecule has 0 amide bonds. The Balaban J connectivity index is 2.87. The largest absolute Gasteiger partial charge is 0.369 e. The van der Waals surface area contributed by atoms with E-state index >= 15 is 0 Å². The van der Waals surface area contributed by atoms with E-state index in [1.54, 1.807) is 0 Å². The molecule has 0 aliphatic heterocycles. The molecule has 1 heterocycles. The maximum Gasteiger partial charge on any atom is 0.148 e. The predicted octanol–water partition coefficient (Wildman–Crippen LogP) is 3.26. The van der Waals surface area contributed by atoms with Crippen LogP contribution in [0.15, 0.2) is 0 Å². The lowest BCUT2D eigenvalue weighted by atomic mass is 10.2. The second-order valence-corrected chi connectivity index (χ2v) is 4.22. The van der Waals surface area contributed by atoms with E-state index in [1.807, 2.05) is 13.8 Å². The monoisotopic (exact) mass is 221 g/mol. The molecule has 0 aliphatic carbocycles. The summed E-state index contributed by atoms with van der Waals surface area (Å²) in [5, 5.41) is 3.37. The fourth-order valence-electron chi connectivity index (χ4n) is 1.55. The van der Waals surface area contributed by atoms with Gasteiger partial charge in [-0.3, -0.25) is 4.98 Å². The second-order valence-electron chi connectivity index (χ2n) is 4.22. The van der Waals surface area contributed by atoms with E-state index < -0.39 is 0 Å². The van der Waals surface area contributed by atoms with Gasteiger partial charge in [-0.25, -0.2) is 4.98 Å². The van der Waals surface area contributed by atoms with Crippen molar-refractivity contribution in [3.63, 3.8) is 0 Å². The Labute approximate surface area is 98.7 Å². The predicted molar refractivity (Wildman–Crippen MR) is 68.9 cm³/mol. The molecule has 16 heavy (non-hydrogen) atoms. The molecule has 1 rings (SSSR count). The number of aryl methyl sites for hydroxylation is 3. The van der Waals surface area contributed by atoms with Gasteiger partial charge in [0.2, 0.25) is 0 Å². The third-order valence-corrected chi connectivity index (χ3v) is 2.69. The molecule has 0 fully saturated rings. The van der Waals surface area contributed by atoms with E-state index in [2.05, 4.69) is 29.1 Å². The van der Waals surface area contributed by atoms with Gasteiger partial charge in [-0.15, -0.1) is 0 Å². The smallest absolute Gasteiger partial charge is 0.148 e. The molecule has 3 nitrogen and oxygen atoms in total. The maximum absolute atomic E-state index is 4.64. The molecule has 1 N–H and O–H groups in total. The molecule has 3 heteroatoms. The first-order valence-electron chi connectivity index (χ1n) is 6.27. The van der Waals surface area contributed by atoms with Crippen molar-refractivity contribution in [2.24, 2.45) is 0 Å². The number of nitrogens with one attached hydrogen (secondary N) is 1. The average molecular weight is 221 g/mol. The zero-order valence-corrected chi connectivity index (χ0v) is 10.9. The number of rotatable bonds is 6. The summed E-state index contributed by atoms with van der Waals surface area (Å²) in [7, 11) is 0. The summed E-state index contributed by atoms with van der Waals surface area (Å²) in [5.74, 6) is 0.985. The van der Waals surface area contributed by atoms with Crippen molar-refractivity contribution >= 4 is 5.82 Å². The summed E-state index contributed by atoms with van der Waals surface area (Å²) in [6, 6.07) is 0. The molecule has 0 saturated carbocycles. The van der Waals surface area contributed by atoms with Crippen LogP contribution < -0.4 is 5.32 Å². The Hall–Kier alpha value is -1.12. The third-order valence-electron chi connectivity index (χ3n) is 2.69. The molecule has 1 aromatic rings. The highest BCUT2D eigenvalue weighted by Gasteiger charge is 2.07. The number of anilines is 1. The Morgan fingerprint density at radius 2 is 1.69 bits per heavy atom. The van der Waals surface area contributed by atoms with Crippen LogP contribution in [0.25, 0.3) is 0 Å². The van der Waals surface area contributed by atoms with Crippen LogP contribution in [0.1, 0.15) is 50.2 Å². The molecular weight excluding hydrogens is 198 g/mol. The van der Waals surface area contributed by atoms with Gasteiger partial charge < -0.3 is 5.32 Å². The summed E-state index contributed by atoms with van der Waals surface area (Å²) in [6.45, 7) is 9.38. The summed E-state index contributed by atoms with van der Waals surface area (Å²) >= 11 is 0. The van der Waals surface area contributed by atoms with Crippen molar-refractivity contribution in [2.45, 2.75) is 53.4 Å². The molecule has 0 aromatic carbocycles. The van der Waals surface area contributed by atoms with E-state index in [-0.39, 0.29) is 0 Å². The van der Waals surface area contributed by atoms with Crippen LogP contribution >= 0.6 is 0 Å². The first-order chi connectivity index (χ1) is 7.69. The van der Waals surface area contributed by atoms with Crippen molar-refractivity contribution in [1.29, 1.82) is 0 Å². The molecule has 0 aliphatic rings. The van der Waals surface area contributed by atoms with Crippen molar-refractivity contribution in [2.75, 3.05) is 11.9 Å². The third kappa shape index (κ3) is 3.47. The molecule has 0 atom stereocenters. The topological polar surface area (TPSA) is 37.8 Å². The molecule has 0 radical (unpaired) electrons. The fraction of sp³-hybridized carbons (Fsp3) is 0.692. The lowest BCUT2D eigenvalue weighted by Crippen LogP contribution is -2.09. The van der Waals surface area contributed by atoms with Crippen LogP contribution in [-0.2, 0) is 6.42 Å². The number of unbranched alkanes of at least 4 members (excludes halogenated alkanes) is 1. The molecular formula is C13H23N3. The molecule has 1 aromatic heterocycles. The number of hydrogen-bond acceptors (Lipinski definition) is 3. The Morgan fingerprint density at radius 3 is 2.31 bits per heavy atom. The lowest BCUT2D eigenvalue weighted by molar-refractivity contribution is 0.765. The van der Waals surface area contributed by atoms with Gasteiger partial charge in [0.05, 0.1) is 17.1 Å². The van der Waals surface area contributed by atoms with Gasteiger partial charge in [0, 0.05) is 6.54 Å². The van der Waals surface area contributed by atoms with Crippen molar-refractivity contribution in [3.05, 3.63) is 17.1 Å². The van der Waals surface area contributed by atoms with Gasteiger partial charge >= 0.3 is 0 Å². The summed E-state index contributed by atoms with van der Waals surface area (Å²) in [6.07, 6.45) is 4.51. The van der Waals surface area contributed by atoms with E-state index in [0.29, 0.717) is 0 Å².